The summed E-state index contributed by atoms with van der Waals surface area (Å²) in [4.78, 5) is 15.3. The van der Waals surface area contributed by atoms with E-state index in [4.69, 9.17) is 12.2 Å². The molecule has 5 heteroatoms. The molecule has 0 saturated carbocycles. The first-order valence-corrected chi connectivity index (χ1v) is 5.14. The first-order chi connectivity index (χ1) is 7.50. The summed E-state index contributed by atoms with van der Waals surface area (Å²) < 4.78 is 1.90. The summed E-state index contributed by atoms with van der Waals surface area (Å²) in [6, 6.07) is 3.66. The van der Waals surface area contributed by atoms with E-state index < -0.39 is 0 Å². The van der Waals surface area contributed by atoms with Crippen LogP contribution in [0.3, 0.4) is 0 Å². The fraction of sp³-hybridized carbons (Fsp3) is 0.182. The summed E-state index contributed by atoms with van der Waals surface area (Å²) in [6.45, 7) is 3.27. The van der Waals surface area contributed by atoms with Gasteiger partial charge in [-0.3, -0.25) is 9.20 Å². The second kappa shape index (κ2) is 3.68. The smallest absolute Gasteiger partial charge is 0.226 e. The molecule has 0 amide bonds. The highest BCUT2D eigenvalue weighted by Gasteiger charge is 2.13. The van der Waals surface area contributed by atoms with Gasteiger partial charge >= 0.3 is 0 Å². The average Bonchev–Trinajstić information content (AvgIpc) is 2.15. The number of aromatic nitrogens is 2. The maximum atomic E-state index is 11.3. The van der Waals surface area contributed by atoms with E-state index >= 15 is 0 Å². The van der Waals surface area contributed by atoms with Gasteiger partial charge in [-0.15, -0.1) is 0 Å². The van der Waals surface area contributed by atoms with Gasteiger partial charge in [0.15, 0.2) is 5.78 Å². The van der Waals surface area contributed by atoms with Crippen LogP contribution in [0.2, 0.25) is 0 Å². The summed E-state index contributed by atoms with van der Waals surface area (Å²) in [7, 11) is 0. The zero-order valence-electron chi connectivity index (χ0n) is 8.89. The Morgan fingerprint density at radius 3 is 2.88 bits per heavy atom. The van der Waals surface area contributed by atoms with E-state index in [2.05, 4.69) is 4.98 Å². The standard InChI is InChI=1S/C11H10N2O2S/c1-6-3-4-13-8(5-6)12-10(15)9(7(2)14)11(13)16/h3-5,15H,1-2H3. The molecule has 0 aliphatic rings. The summed E-state index contributed by atoms with van der Waals surface area (Å²) >= 11 is 5.14. The number of aryl methyl sites for hydroxylation is 1. The summed E-state index contributed by atoms with van der Waals surface area (Å²) in [6.07, 6.45) is 1.74. The van der Waals surface area contributed by atoms with Crippen LogP contribution in [0.1, 0.15) is 22.8 Å². The normalized spacial score (nSPS) is 10.6. The molecule has 2 rings (SSSR count). The van der Waals surface area contributed by atoms with E-state index in [9.17, 15) is 9.90 Å². The molecule has 0 unspecified atom stereocenters. The van der Waals surface area contributed by atoms with Crippen molar-refractivity contribution in [2.75, 3.05) is 0 Å². The number of nitrogens with zero attached hydrogens (tertiary/aromatic N) is 2. The zero-order valence-corrected chi connectivity index (χ0v) is 9.71. The van der Waals surface area contributed by atoms with E-state index in [1.807, 2.05) is 13.0 Å². The van der Waals surface area contributed by atoms with E-state index in [1.165, 1.54) is 6.92 Å². The topological polar surface area (TPSA) is 54.6 Å². The van der Waals surface area contributed by atoms with Gasteiger partial charge in [0, 0.05) is 6.20 Å². The van der Waals surface area contributed by atoms with Gasteiger partial charge in [0.05, 0.1) is 0 Å². The Balaban J connectivity index is 2.95. The summed E-state index contributed by atoms with van der Waals surface area (Å²) in [5.41, 5.74) is 1.64. The van der Waals surface area contributed by atoms with Crippen LogP contribution >= 0.6 is 12.2 Å². The van der Waals surface area contributed by atoms with Crippen LogP contribution in [0.5, 0.6) is 5.88 Å². The number of pyridine rings is 1. The molecule has 4 nitrogen and oxygen atoms in total. The van der Waals surface area contributed by atoms with Gasteiger partial charge in [0.1, 0.15) is 15.9 Å². The van der Waals surface area contributed by atoms with Crippen molar-refractivity contribution < 1.29 is 9.90 Å². The number of fused-ring (bicyclic) bond motifs is 1. The maximum absolute atomic E-state index is 11.3. The Morgan fingerprint density at radius 2 is 2.25 bits per heavy atom. The Morgan fingerprint density at radius 1 is 1.56 bits per heavy atom. The molecule has 0 bridgehead atoms. The summed E-state index contributed by atoms with van der Waals surface area (Å²) in [5, 5.41) is 9.64. The largest absolute Gasteiger partial charge is 0.493 e. The number of carbonyl (C=O) groups is 1. The fourth-order valence-corrected chi connectivity index (χ4v) is 1.93. The number of ketones is 1. The maximum Gasteiger partial charge on any atom is 0.226 e. The van der Waals surface area contributed by atoms with Crippen molar-refractivity contribution in [2.24, 2.45) is 0 Å². The van der Waals surface area contributed by atoms with Crippen molar-refractivity contribution in [1.82, 2.24) is 9.38 Å². The Bertz CT molecular complexity index is 646. The van der Waals surface area contributed by atoms with Crippen molar-refractivity contribution >= 4 is 23.6 Å². The third-order valence-electron chi connectivity index (χ3n) is 2.32. The van der Waals surface area contributed by atoms with Crippen molar-refractivity contribution in [2.45, 2.75) is 13.8 Å². The van der Waals surface area contributed by atoms with Crippen LogP contribution in [-0.4, -0.2) is 20.3 Å². The van der Waals surface area contributed by atoms with Crippen LogP contribution in [0, 0.1) is 11.6 Å². The Labute approximate surface area is 97.2 Å². The number of hydrogen-bond donors (Lipinski definition) is 1. The van der Waals surface area contributed by atoms with Gasteiger partial charge in [-0.2, -0.15) is 4.98 Å². The van der Waals surface area contributed by atoms with Gasteiger partial charge < -0.3 is 5.11 Å². The van der Waals surface area contributed by atoms with Gasteiger partial charge in [-0.05, 0) is 31.5 Å². The molecule has 0 saturated heterocycles. The molecule has 1 N–H and O–H groups in total. The number of carbonyl (C=O) groups excluding carboxylic acids is 1. The number of rotatable bonds is 1. The lowest BCUT2D eigenvalue weighted by atomic mass is 10.2. The van der Waals surface area contributed by atoms with E-state index in [1.54, 1.807) is 16.7 Å². The number of hydrogen-bond acceptors (Lipinski definition) is 4. The zero-order chi connectivity index (χ0) is 11.9. The SMILES string of the molecule is CC(=O)c1c(O)nc2cc(C)ccn2c1=S. The number of Topliss-reactive ketones (excluding diaryl/α,β-unsaturated/α-hetero) is 1. The highest BCUT2D eigenvalue weighted by atomic mass is 32.1. The van der Waals surface area contributed by atoms with Crippen molar-refractivity contribution in [3.05, 3.63) is 34.1 Å². The Hall–Kier alpha value is -1.75. The number of aromatic hydroxyl groups is 1. The first-order valence-electron chi connectivity index (χ1n) is 4.73. The van der Waals surface area contributed by atoms with Gasteiger partial charge in [0.25, 0.3) is 0 Å². The third kappa shape index (κ3) is 1.59. The molecule has 0 aromatic carbocycles. The van der Waals surface area contributed by atoms with Crippen LogP contribution in [0.4, 0.5) is 0 Å². The third-order valence-corrected chi connectivity index (χ3v) is 2.72. The van der Waals surface area contributed by atoms with Gasteiger partial charge in [-0.1, -0.05) is 12.2 Å². The predicted molar refractivity (Wildman–Crippen MR) is 62.4 cm³/mol. The molecule has 82 valence electrons. The second-order valence-corrected chi connectivity index (χ2v) is 3.99. The highest BCUT2D eigenvalue weighted by Crippen LogP contribution is 2.18. The highest BCUT2D eigenvalue weighted by molar-refractivity contribution is 7.71. The quantitative estimate of drug-likeness (QED) is 0.607. The lowest BCUT2D eigenvalue weighted by Gasteiger charge is -2.06. The molecule has 2 heterocycles. The van der Waals surface area contributed by atoms with Crippen LogP contribution < -0.4 is 0 Å². The predicted octanol–water partition coefficient (Wildman–Crippen LogP) is 2.28. The molecule has 0 fully saturated rings. The van der Waals surface area contributed by atoms with Crippen molar-refractivity contribution in [1.29, 1.82) is 0 Å². The fourth-order valence-electron chi connectivity index (χ4n) is 1.54. The summed E-state index contributed by atoms with van der Waals surface area (Å²) in [5.74, 6) is -0.590. The van der Waals surface area contributed by atoms with E-state index in [-0.39, 0.29) is 21.9 Å². The lowest BCUT2D eigenvalue weighted by Crippen LogP contribution is -2.03. The minimum Gasteiger partial charge on any atom is -0.493 e. The molecular formula is C11H10N2O2S. The first kappa shape index (κ1) is 10.8. The second-order valence-electron chi connectivity index (χ2n) is 3.60. The molecule has 2 aromatic heterocycles. The minimum atomic E-state index is -0.303. The van der Waals surface area contributed by atoms with Crippen LogP contribution in [-0.2, 0) is 0 Å². The minimum absolute atomic E-state index is 0.0938. The van der Waals surface area contributed by atoms with Gasteiger partial charge in [-0.25, -0.2) is 0 Å². The molecule has 0 aliphatic carbocycles. The van der Waals surface area contributed by atoms with Crippen LogP contribution in [0.25, 0.3) is 5.65 Å². The van der Waals surface area contributed by atoms with Crippen molar-refractivity contribution in [3.8, 4) is 5.88 Å². The Kier molecular flexibility index (Phi) is 2.47. The monoisotopic (exact) mass is 234 g/mol. The van der Waals surface area contributed by atoms with Crippen LogP contribution in [0.15, 0.2) is 18.3 Å². The lowest BCUT2D eigenvalue weighted by molar-refractivity contribution is 0.101. The molecule has 16 heavy (non-hydrogen) atoms. The van der Waals surface area contributed by atoms with E-state index in [0.29, 0.717) is 5.65 Å². The molecule has 0 spiro atoms. The molecule has 0 aliphatic heterocycles. The molecular weight excluding hydrogens is 224 g/mol. The molecule has 0 atom stereocenters. The van der Waals surface area contributed by atoms with Crippen molar-refractivity contribution in [3.63, 3.8) is 0 Å². The van der Waals surface area contributed by atoms with Gasteiger partial charge in [0.2, 0.25) is 5.88 Å². The molecule has 0 radical (unpaired) electrons. The average molecular weight is 234 g/mol. The molecule has 2 aromatic rings. The van der Waals surface area contributed by atoms with E-state index in [0.717, 1.165) is 5.56 Å².